The highest BCUT2D eigenvalue weighted by molar-refractivity contribution is 7.80. The summed E-state index contributed by atoms with van der Waals surface area (Å²) in [7, 11) is 5.64. The molecule has 0 bridgehead atoms. The van der Waals surface area contributed by atoms with Crippen molar-refractivity contribution in [2.45, 2.75) is 12.8 Å². The second kappa shape index (κ2) is 5.71. The van der Waals surface area contributed by atoms with E-state index in [1.54, 1.807) is 7.11 Å². The number of hydrogen-bond acceptors (Lipinski definition) is 2. The quantitative estimate of drug-likeness (QED) is 0.728. The highest BCUT2D eigenvalue weighted by Gasteiger charge is 2.00. The van der Waals surface area contributed by atoms with Crippen molar-refractivity contribution in [1.82, 2.24) is 4.90 Å². The third-order valence-electron chi connectivity index (χ3n) is 2.29. The Labute approximate surface area is 96.9 Å². The summed E-state index contributed by atoms with van der Waals surface area (Å²) in [6, 6.07) is 8.12. The maximum Gasteiger partial charge on any atom is 0.118 e. The molecule has 0 N–H and O–H groups in total. The number of benzene rings is 1. The smallest absolute Gasteiger partial charge is 0.118 e. The molecule has 1 aromatic rings. The van der Waals surface area contributed by atoms with Crippen LogP contribution < -0.4 is 4.74 Å². The summed E-state index contributed by atoms with van der Waals surface area (Å²) in [5, 5.41) is 0. The van der Waals surface area contributed by atoms with Gasteiger partial charge in [0.25, 0.3) is 0 Å². The summed E-state index contributed by atoms with van der Waals surface area (Å²) in [5.74, 6) is 0.897. The van der Waals surface area contributed by atoms with Gasteiger partial charge in [0.15, 0.2) is 0 Å². The predicted molar refractivity (Wildman–Crippen MR) is 67.6 cm³/mol. The predicted octanol–water partition coefficient (Wildman–Crippen LogP) is 2.52. The van der Waals surface area contributed by atoms with Crippen LogP contribution in [0.15, 0.2) is 24.3 Å². The van der Waals surface area contributed by atoms with Crippen LogP contribution in [0.3, 0.4) is 0 Å². The first kappa shape index (κ1) is 12.0. The average Bonchev–Trinajstić information content (AvgIpc) is 2.26. The van der Waals surface area contributed by atoms with Gasteiger partial charge in [0.05, 0.1) is 12.1 Å². The Bertz CT molecular complexity index is 319. The van der Waals surface area contributed by atoms with Gasteiger partial charge in [-0.05, 0) is 24.1 Å². The number of aryl methyl sites for hydroxylation is 1. The third kappa shape index (κ3) is 3.88. The fourth-order valence-corrected chi connectivity index (χ4v) is 1.37. The molecule has 0 amide bonds. The number of ether oxygens (including phenoxy) is 1. The third-order valence-corrected chi connectivity index (χ3v) is 2.85. The molecule has 3 heteroatoms. The Balaban J connectivity index is 2.47. The van der Waals surface area contributed by atoms with E-state index in [-0.39, 0.29) is 0 Å². The van der Waals surface area contributed by atoms with Crippen molar-refractivity contribution in [3.05, 3.63) is 29.8 Å². The minimum Gasteiger partial charge on any atom is -0.497 e. The van der Waals surface area contributed by atoms with Gasteiger partial charge in [-0.25, -0.2) is 0 Å². The zero-order valence-electron chi connectivity index (χ0n) is 9.49. The molecule has 1 aromatic carbocycles. The number of rotatable bonds is 4. The summed E-state index contributed by atoms with van der Waals surface area (Å²) in [6.07, 6.45) is 1.91. The molecule has 82 valence electrons. The van der Waals surface area contributed by atoms with E-state index in [9.17, 15) is 0 Å². The van der Waals surface area contributed by atoms with Gasteiger partial charge < -0.3 is 9.64 Å². The van der Waals surface area contributed by atoms with Crippen molar-refractivity contribution in [2.24, 2.45) is 0 Å². The molecule has 0 spiro atoms. The molecule has 0 aromatic heterocycles. The zero-order chi connectivity index (χ0) is 11.3. The van der Waals surface area contributed by atoms with E-state index in [0.717, 1.165) is 23.6 Å². The molecule has 0 aliphatic rings. The summed E-state index contributed by atoms with van der Waals surface area (Å²) in [4.78, 5) is 2.98. The van der Waals surface area contributed by atoms with Gasteiger partial charge in [-0.3, -0.25) is 0 Å². The second-order valence-electron chi connectivity index (χ2n) is 3.64. The minimum atomic E-state index is 0.897. The van der Waals surface area contributed by atoms with E-state index in [0.29, 0.717) is 0 Å². The lowest BCUT2D eigenvalue weighted by Gasteiger charge is -2.13. The maximum absolute atomic E-state index is 5.23. The van der Waals surface area contributed by atoms with Gasteiger partial charge >= 0.3 is 0 Å². The number of methoxy groups -OCH3 is 1. The molecule has 0 saturated heterocycles. The van der Waals surface area contributed by atoms with E-state index < -0.39 is 0 Å². The second-order valence-corrected chi connectivity index (χ2v) is 4.11. The van der Waals surface area contributed by atoms with Crippen molar-refractivity contribution < 1.29 is 4.74 Å². The highest BCUT2D eigenvalue weighted by atomic mass is 32.1. The first-order valence-electron chi connectivity index (χ1n) is 4.96. The first-order valence-corrected chi connectivity index (χ1v) is 5.37. The van der Waals surface area contributed by atoms with Crippen LogP contribution in [0, 0.1) is 0 Å². The number of thiocarbonyl (C=S) groups is 1. The van der Waals surface area contributed by atoms with Crippen molar-refractivity contribution in [1.29, 1.82) is 0 Å². The zero-order valence-corrected chi connectivity index (χ0v) is 10.3. The van der Waals surface area contributed by atoms with E-state index in [1.165, 1.54) is 5.56 Å². The molecular formula is C12H17NOS. The fraction of sp³-hybridized carbons (Fsp3) is 0.417. The van der Waals surface area contributed by atoms with E-state index in [1.807, 2.05) is 31.1 Å². The molecule has 0 saturated carbocycles. The minimum absolute atomic E-state index is 0.897. The van der Waals surface area contributed by atoms with E-state index in [4.69, 9.17) is 17.0 Å². The normalized spacial score (nSPS) is 9.80. The lowest BCUT2D eigenvalue weighted by Crippen LogP contribution is -2.19. The molecule has 0 aliphatic carbocycles. The Hall–Kier alpha value is -1.09. The van der Waals surface area contributed by atoms with Gasteiger partial charge in [0.1, 0.15) is 5.75 Å². The van der Waals surface area contributed by atoms with Crippen molar-refractivity contribution >= 4 is 17.2 Å². The monoisotopic (exact) mass is 223 g/mol. The highest BCUT2D eigenvalue weighted by Crippen LogP contribution is 2.12. The summed E-state index contributed by atoms with van der Waals surface area (Å²) in [5.41, 5.74) is 1.29. The Morgan fingerprint density at radius 2 is 1.87 bits per heavy atom. The van der Waals surface area contributed by atoms with Crippen LogP contribution in [-0.2, 0) is 6.42 Å². The molecule has 0 unspecified atom stereocenters. The number of hydrogen-bond donors (Lipinski definition) is 0. The van der Waals surface area contributed by atoms with Gasteiger partial charge in [-0.2, -0.15) is 0 Å². The van der Waals surface area contributed by atoms with Crippen LogP contribution in [0.1, 0.15) is 12.0 Å². The standard InChI is InChI=1S/C12H17NOS/c1-13(2)12(15)9-6-10-4-7-11(14-3)8-5-10/h4-5,7-8H,6,9H2,1-3H3. The van der Waals surface area contributed by atoms with Crippen LogP contribution in [0.2, 0.25) is 0 Å². The molecule has 0 atom stereocenters. The average molecular weight is 223 g/mol. The topological polar surface area (TPSA) is 12.5 Å². The number of nitrogens with zero attached hydrogens (tertiary/aromatic N) is 1. The fourth-order valence-electron chi connectivity index (χ4n) is 1.27. The Kier molecular flexibility index (Phi) is 4.56. The first-order chi connectivity index (χ1) is 7.13. The van der Waals surface area contributed by atoms with Crippen LogP contribution in [0.25, 0.3) is 0 Å². The maximum atomic E-state index is 5.23. The van der Waals surface area contributed by atoms with Crippen LogP contribution in [0.4, 0.5) is 0 Å². The Morgan fingerprint density at radius 1 is 1.27 bits per heavy atom. The van der Waals surface area contributed by atoms with E-state index in [2.05, 4.69) is 12.1 Å². The largest absolute Gasteiger partial charge is 0.497 e. The lowest BCUT2D eigenvalue weighted by molar-refractivity contribution is 0.414. The van der Waals surface area contributed by atoms with Crippen molar-refractivity contribution in [2.75, 3.05) is 21.2 Å². The molecule has 2 nitrogen and oxygen atoms in total. The molecule has 15 heavy (non-hydrogen) atoms. The van der Waals surface area contributed by atoms with Crippen LogP contribution in [-0.4, -0.2) is 31.1 Å². The summed E-state index contributed by atoms with van der Waals surface area (Å²) >= 11 is 5.23. The molecule has 0 fully saturated rings. The van der Waals surface area contributed by atoms with Gasteiger partial charge in [0, 0.05) is 20.5 Å². The molecule has 0 aliphatic heterocycles. The van der Waals surface area contributed by atoms with Gasteiger partial charge in [-0.15, -0.1) is 0 Å². The van der Waals surface area contributed by atoms with E-state index >= 15 is 0 Å². The lowest BCUT2D eigenvalue weighted by atomic mass is 10.1. The Morgan fingerprint density at radius 3 is 2.33 bits per heavy atom. The SMILES string of the molecule is COc1ccc(CCC(=S)N(C)C)cc1. The summed E-state index contributed by atoms with van der Waals surface area (Å²) in [6.45, 7) is 0. The van der Waals surface area contributed by atoms with Crippen molar-refractivity contribution in [3.8, 4) is 5.75 Å². The van der Waals surface area contributed by atoms with Crippen molar-refractivity contribution in [3.63, 3.8) is 0 Å². The molecular weight excluding hydrogens is 206 g/mol. The molecule has 0 radical (unpaired) electrons. The van der Waals surface area contributed by atoms with Gasteiger partial charge in [-0.1, -0.05) is 24.4 Å². The van der Waals surface area contributed by atoms with Crippen LogP contribution in [0.5, 0.6) is 5.75 Å². The van der Waals surface area contributed by atoms with Crippen LogP contribution >= 0.6 is 12.2 Å². The summed E-state index contributed by atoms with van der Waals surface area (Å²) < 4.78 is 5.10. The van der Waals surface area contributed by atoms with Gasteiger partial charge in [0.2, 0.25) is 0 Å². The molecule has 1 rings (SSSR count). The molecule has 0 heterocycles.